The smallest absolute Gasteiger partial charge is 0.347 e. The van der Waals surface area contributed by atoms with Crippen molar-refractivity contribution in [3.63, 3.8) is 0 Å². The Bertz CT molecular complexity index is 377. The van der Waals surface area contributed by atoms with Crippen LogP contribution in [0.25, 0.3) is 0 Å². The van der Waals surface area contributed by atoms with Gasteiger partial charge < -0.3 is 9.47 Å². The lowest BCUT2D eigenvalue weighted by atomic mass is 10.2. The van der Waals surface area contributed by atoms with Crippen LogP contribution in [0.15, 0.2) is 18.2 Å². The van der Waals surface area contributed by atoms with E-state index in [1.807, 2.05) is 0 Å². The lowest BCUT2D eigenvalue weighted by molar-refractivity contribution is -0.150. The van der Waals surface area contributed by atoms with Gasteiger partial charge in [-0.2, -0.15) is 0 Å². The molecule has 1 unspecified atom stereocenters. The predicted octanol–water partition coefficient (Wildman–Crippen LogP) is 2.46. The molecule has 0 bridgehead atoms. The summed E-state index contributed by atoms with van der Waals surface area (Å²) in [5.41, 5.74) is 0.538. The van der Waals surface area contributed by atoms with E-state index in [9.17, 15) is 9.18 Å². The summed E-state index contributed by atoms with van der Waals surface area (Å²) in [6.45, 7) is 5.24. The monoisotopic (exact) mass is 226 g/mol. The number of aryl methyl sites for hydroxylation is 1. The largest absolute Gasteiger partial charge is 0.479 e. The number of esters is 1. The Labute approximate surface area is 94.2 Å². The van der Waals surface area contributed by atoms with Gasteiger partial charge in [-0.15, -0.1) is 0 Å². The van der Waals surface area contributed by atoms with Gasteiger partial charge in [0.05, 0.1) is 6.61 Å². The number of hydrogen-bond donors (Lipinski definition) is 0. The van der Waals surface area contributed by atoms with Crippen LogP contribution in [0.4, 0.5) is 4.39 Å². The maximum Gasteiger partial charge on any atom is 0.347 e. The summed E-state index contributed by atoms with van der Waals surface area (Å²) in [6, 6.07) is 4.47. The third kappa shape index (κ3) is 3.22. The molecular weight excluding hydrogens is 211 g/mol. The van der Waals surface area contributed by atoms with E-state index in [1.54, 1.807) is 32.9 Å². The standard InChI is InChI=1S/C12H15FO3/c1-4-15-12(14)9(3)16-10-6-5-8(2)11(13)7-10/h5-7,9H,4H2,1-3H3. The van der Waals surface area contributed by atoms with Crippen LogP contribution >= 0.6 is 0 Å². The number of carbonyl (C=O) groups excluding carboxylic acids is 1. The van der Waals surface area contributed by atoms with Crippen molar-refractivity contribution in [1.29, 1.82) is 0 Å². The Hall–Kier alpha value is -1.58. The first-order valence-electron chi connectivity index (χ1n) is 5.14. The van der Waals surface area contributed by atoms with Gasteiger partial charge in [-0.3, -0.25) is 0 Å². The molecule has 0 saturated carbocycles. The SMILES string of the molecule is CCOC(=O)C(C)Oc1ccc(C)c(F)c1. The lowest BCUT2D eigenvalue weighted by Gasteiger charge is -2.13. The van der Waals surface area contributed by atoms with Crippen LogP contribution in [0.5, 0.6) is 5.75 Å². The summed E-state index contributed by atoms with van der Waals surface area (Å²) in [7, 11) is 0. The van der Waals surface area contributed by atoms with Crippen molar-refractivity contribution >= 4 is 5.97 Å². The maximum absolute atomic E-state index is 13.2. The first-order chi connectivity index (χ1) is 7.54. The van der Waals surface area contributed by atoms with Crippen molar-refractivity contribution in [3.8, 4) is 5.75 Å². The molecule has 0 aliphatic heterocycles. The van der Waals surface area contributed by atoms with Crippen molar-refractivity contribution in [2.45, 2.75) is 26.9 Å². The fourth-order valence-corrected chi connectivity index (χ4v) is 1.16. The summed E-state index contributed by atoms with van der Waals surface area (Å²) >= 11 is 0. The molecule has 0 radical (unpaired) electrons. The Balaban J connectivity index is 2.66. The number of carbonyl (C=O) groups is 1. The Morgan fingerprint density at radius 1 is 1.50 bits per heavy atom. The molecule has 3 nitrogen and oxygen atoms in total. The van der Waals surface area contributed by atoms with Crippen molar-refractivity contribution in [2.75, 3.05) is 6.61 Å². The zero-order valence-corrected chi connectivity index (χ0v) is 9.62. The fraction of sp³-hybridized carbons (Fsp3) is 0.417. The Morgan fingerprint density at radius 2 is 2.19 bits per heavy atom. The Morgan fingerprint density at radius 3 is 2.75 bits per heavy atom. The van der Waals surface area contributed by atoms with E-state index in [0.29, 0.717) is 17.9 Å². The van der Waals surface area contributed by atoms with Gasteiger partial charge in [0, 0.05) is 6.07 Å². The average molecular weight is 226 g/mol. The molecule has 16 heavy (non-hydrogen) atoms. The summed E-state index contributed by atoms with van der Waals surface area (Å²) in [5.74, 6) is -0.485. The predicted molar refractivity (Wildman–Crippen MR) is 57.9 cm³/mol. The number of rotatable bonds is 4. The van der Waals surface area contributed by atoms with Crippen LogP contribution in [-0.4, -0.2) is 18.7 Å². The normalized spacial score (nSPS) is 12.0. The minimum atomic E-state index is -0.734. The second kappa shape index (κ2) is 5.49. The molecule has 0 N–H and O–H groups in total. The topological polar surface area (TPSA) is 35.5 Å². The molecule has 1 aromatic carbocycles. The van der Waals surface area contributed by atoms with Crippen molar-refractivity contribution in [2.24, 2.45) is 0 Å². The molecule has 0 amide bonds. The molecule has 0 aromatic heterocycles. The van der Waals surface area contributed by atoms with E-state index in [2.05, 4.69) is 0 Å². The van der Waals surface area contributed by atoms with Crippen molar-refractivity contribution in [3.05, 3.63) is 29.6 Å². The van der Waals surface area contributed by atoms with Crippen LogP contribution in [0.1, 0.15) is 19.4 Å². The molecule has 1 rings (SSSR count). The first kappa shape index (κ1) is 12.5. The highest BCUT2D eigenvalue weighted by Crippen LogP contribution is 2.17. The number of benzene rings is 1. The molecule has 88 valence electrons. The van der Waals surface area contributed by atoms with Crippen LogP contribution in [0.2, 0.25) is 0 Å². The summed E-state index contributed by atoms with van der Waals surface area (Å²) in [5, 5.41) is 0. The van der Waals surface area contributed by atoms with Gasteiger partial charge in [-0.25, -0.2) is 9.18 Å². The van der Waals surface area contributed by atoms with Gasteiger partial charge in [-0.05, 0) is 32.4 Å². The lowest BCUT2D eigenvalue weighted by Crippen LogP contribution is -2.26. The second-order valence-electron chi connectivity index (χ2n) is 3.42. The number of hydrogen-bond acceptors (Lipinski definition) is 3. The highest BCUT2D eigenvalue weighted by Gasteiger charge is 2.15. The molecule has 1 aromatic rings. The van der Waals surface area contributed by atoms with Crippen molar-refractivity contribution < 1.29 is 18.7 Å². The molecule has 0 saturated heterocycles. The van der Waals surface area contributed by atoms with E-state index in [0.717, 1.165) is 0 Å². The van der Waals surface area contributed by atoms with E-state index in [-0.39, 0.29) is 5.82 Å². The quantitative estimate of drug-likeness (QED) is 0.740. The molecule has 0 aliphatic carbocycles. The fourth-order valence-electron chi connectivity index (χ4n) is 1.16. The van der Waals surface area contributed by atoms with Gasteiger partial charge in [0.15, 0.2) is 6.10 Å². The first-order valence-corrected chi connectivity index (χ1v) is 5.14. The average Bonchev–Trinajstić information content (AvgIpc) is 2.24. The number of halogens is 1. The van der Waals surface area contributed by atoms with Gasteiger partial charge in [0.2, 0.25) is 0 Å². The van der Waals surface area contributed by atoms with Gasteiger partial charge in [0.1, 0.15) is 11.6 Å². The molecule has 0 fully saturated rings. The van der Waals surface area contributed by atoms with Crippen LogP contribution in [0.3, 0.4) is 0 Å². The molecule has 0 spiro atoms. The summed E-state index contributed by atoms with van der Waals surface area (Å²) in [6.07, 6.45) is -0.734. The summed E-state index contributed by atoms with van der Waals surface area (Å²) in [4.78, 5) is 11.3. The highest BCUT2D eigenvalue weighted by molar-refractivity contribution is 5.74. The van der Waals surface area contributed by atoms with E-state index >= 15 is 0 Å². The molecular formula is C12H15FO3. The van der Waals surface area contributed by atoms with E-state index < -0.39 is 12.1 Å². The van der Waals surface area contributed by atoms with E-state index in [4.69, 9.17) is 9.47 Å². The second-order valence-corrected chi connectivity index (χ2v) is 3.42. The van der Waals surface area contributed by atoms with Crippen LogP contribution in [0, 0.1) is 12.7 Å². The third-order valence-electron chi connectivity index (χ3n) is 2.07. The number of ether oxygens (including phenoxy) is 2. The molecule has 4 heteroatoms. The van der Waals surface area contributed by atoms with Crippen molar-refractivity contribution in [1.82, 2.24) is 0 Å². The zero-order valence-electron chi connectivity index (χ0n) is 9.62. The minimum absolute atomic E-state index is 0.300. The maximum atomic E-state index is 13.2. The molecule has 1 atom stereocenters. The van der Waals surface area contributed by atoms with Crippen LogP contribution in [-0.2, 0) is 9.53 Å². The minimum Gasteiger partial charge on any atom is -0.479 e. The van der Waals surface area contributed by atoms with Crippen LogP contribution < -0.4 is 4.74 Å². The molecule has 0 heterocycles. The van der Waals surface area contributed by atoms with Gasteiger partial charge >= 0.3 is 5.97 Å². The summed E-state index contributed by atoms with van der Waals surface area (Å²) < 4.78 is 23.2. The zero-order chi connectivity index (χ0) is 12.1. The van der Waals surface area contributed by atoms with Gasteiger partial charge in [-0.1, -0.05) is 6.07 Å². The third-order valence-corrected chi connectivity index (χ3v) is 2.07. The molecule has 0 aliphatic rings. The van der Waals surface area contributed by atoms with Gasteiger partial charge in [0.25, 0.3) is 0 Å². The van der Waals surface area contributed by atoms with E-state index in [1.165, 1.54) is 6.07 Å². The Kier molecular flexibility index (Phi) is 4.28. The highest BCUT2D eigenvalue weighted by atomic mass is 19.1.